The molecule has 0 saturated carbocycles. The minimum absolute atomic E-state index is 0.0968. The fourth-order valence-corrected chi connectivity index (χ4v) is 7.91. The Kier molecular flexibility index (Phi) is 57.4. The van der Waals surface area contributed by atoms with Gasteiger partial charge in [-0.05, 0) is 128 Å². The standard InChI is InChI=1S/C68H110O6/c1-4-7-10-13-16-19-22-24-25-26-27-28-29-30-31-32-33-34-35-36-37-38-39-40-41-42-43-45-46-49-52-55-58-61-67(70)73-64-65(63-72-66(69)60-57-54-51-48-21-18-15-12-9-6-3)74-68(71)62-59-56-53-50-47-44-23-20-17-14-11-8-5-2/h7-8,10-12,15-17,19-20,24-25,27-28,30-31,33-34,36-37,44,47,65H,4-6,9,13-14,18,21-23,26,29,32,35,38-43,45-46,48-64H2,1-3H3/b10-7-,11-8-,15-12-,19-16-,20-17-,25-24-,28-27-,31-30-,34-33-,37-36-,47-44-. The summed E-state index contributed by atoms with van der Waals surface area (Å²) in [6.07, 6.45) is 86.2. The average Bonchev–Trinajstić information content (AvgIpc) is 3.40. The van der Waals surface area contributed by atoms with Crippen molar-refractivity contribution in [1.29, 1.82) is 0 Å². The van der Waals surface area contributed by atoms with Crippen LogP contribution in [0.5, 0.6) is 0 Å². The highest BCUT2D eigenvalue weighted by Gasteiger charge is 2.19. The van der Waals surface area contributed by atoms with Gasteiger partial charge >= 0.3 is 17.9 Å². The summed E-state index contributed by atoms with van der Waals surface area (Å²) < 4.78 is 16.8. The molecule has 1 atom stereocenters. The maximum absolute atomic E-state index is 12.8. The van der Waals surface area contributed by atoms with Crippen LogP contribution in [0.15, 0.2) is 134 Å². The largest absolute Gasteiger partial charge is 0.462 e. The van der Waals surface area contributed by atoms with Crippen LogP contribution < -0.4 is 0 Å². The zero-order chi connectivity index (χ0) is 53.6. The zero-order valence-electron chi connectivity index (χ0n) is 47.8. The third-order valence-corrected chi connectivity index (χ3v) is 12.4. The number of hydrogen-bond acceptors (Lipinski definition) is 6. The summed E-state index contributed by atoms with van der Waals surface area (Å²) in [4.78, 5) is 38.0. The lowest BCUT2D eigenvalue weighted by Crippen LogP contribution is -2.30. The lowest BCUT2D eigenvalue weighted by molar-refractivity contribution is -0.167. The van der Waals surface area contributed by atoms with Crippen LogP contribution in [0.1, 0.15) is 258 Å². The summed E-state index contributed by atoms with van der Waals surface area (Å²) in [6.45, 7) is 6.30. The van der Waals surface area contributed by atoms with Crippen molar-refractivity contribution in [3.05, 3.63) is 134 Å². The Morgan fingerprint density at radius 1 is 0.284 bits per heavy atom. The quantitative estimate of drug-likeness (QED) is 0.0261. The molecule has 0 rings (SSSR count). The van der Waals surface area contributed by atoms with Crippen LogP contribution >= 0.6 is 0 Å². The van der Waals surface area contributed by atoms with Crippen LogP contribution in [0.2, 0.25) is 0 Å². The number of hydrogen-bond donors (Lipinski definition) is 0. The fraction of sp³-hybridized carbons (Fsp3) is 0.632. The molecule has 0 aromatic heterocycles. The van der Waals surface area contributed by atoms with E-state index in [0.29, 0.717) is 12.8 Å². The van der Waals surface area contributed by atoms with Gasteiger partial charge in [0.25, 0.3) is 0 Å². The molecule has 0 spiro atoms. The molecule has 0 aliphatic heterocycles. The van der Waals surface area contributed by atoms with E-state index in [4.69, 9.17) is 14.2 Å². The number of allylic oxidation sites excluding steroid dienone is 22. The maximum Gasteiger partial charge on any atom is 0.306 e. The minimum atomic E-state index is -0.800. The molecule has 0 aliphatic carbocycles. The van der Waals surface area contributed by atoms with Crippen LogP contribution in [-0.2, 0) is 28.6 Å². The summed E-state index contributed by atoms with van der Waals surface area (Å²) in [5.74, 6) is -0.944. The normalized spacial score (nSPS) is 13.1. The van der Waals surface area contributed by atoms with Gasteiger partial charge in [0.15, 0.2) is 6.10 Å². The van der Waals surface area contributed by atoms with E-state index in [-0.39, 0.29) is 37.5 Å². The van der Waals surface area contributed by atoms with E-state index in [1.165, 1.54) is 70.6 Å². The fourth-order valence-electron chi connectivity index (χ4n) is 7.91. The van der Waals surface area contributed by atoms with Crippen molar-refractivity contribution in [1.82, 2.24) is 0 Å². The van der Waals surface area contributed by atoms with Crippen molar-refractivity contribution in [2.75, 3.05) is 13.2 Å². The summed E-state index contributed by atoms with van der Waals surface area (Å²) >= 11 is 0. The lowest BCUT2D eigenvalue weighted by atomic mass is 10.0. The Balaban J connectivity index is 4.17. The highest BCUT2D eigenvalue weighted by Crippen LogP contribution is 2.15. The second kappa shape index (κ2) is 61.1. The predicted octanol–water partition coefficient (Wildman–Crippen LogP) is 20.6. The van der Waals surface area contributed by atoms with Gasteiger partial charge in [-0.15, -0.1) is 0 Å². The zero-order valence-corrected chi connectivity index (χ0v) is 47.8. The van der Waals surface area contributed by atoms with E-state index in [2.05, 4.69) is 154 Å². The lowest BCUT2D eigenvalue weighted by Gasteiger charge is -2.18. The van der Waals surface area contributed by atoms with E-state index in [0.717, 1.165) is 148 Å². The van der Waals surface area contributed by atoms with E-state index >= 15 is 0 Å². The van der Waals surface area contributed by atoms with Gasteiger partial charge in [-0.1, -0.05) is 244 Å². The van der Waals surface area contributed by atoms with Crippen LogP contribution in [-0.4, -0.2) is 37.2 Å². The Hall–Kier alpha value is -4.45. The molecule has 0 aromatic rings. The van der Waals surface area contributed by atoms with Gasteiger partial charge in [0, 0.05) is 19.3 Å². The van der Waals surface area contributed by atoms with E-state index in [1.807, 2.05) is 0 Å². The molecule has 0 aromatic carbocycles. The van der Waals surface area contributed by atoms with Crippen LogP contribution in [0.25, 0.3) is 0 Å². The molecular weight excluding hydrogens is 913 g/mol. The first-order valence-corrected chi connectivity index (χ1v) is 30.2. The smallest absolute Gasteiger partial charge is 0.306 e. The molecule has 0 N–H and O–H groups in total. The minimum Gasteiger partial charge on any atom is -0.462 e. The number of rotatable bonds is 53. The van der Waals surface area contributed by atoms with Crippen molar-refractivity contribution < 1.29 is 28.6 Å². The summed E-state index contributed by atoms with van der Waals surface area (Å²) in [5.41, 5.74) is 0. The van der Waals surface area contributed by atoms with Gasteiger partial charge in [0.05, 0.1) is 0 Å². The summed E-state index contributed by atoms with van der Waals surface area (Å²) in [5, 5.41) is 0. The van der Waals surface area contributed by atoms with Gasteiger partial charge in [-0.2, -0.15) is 0 Å². The molecule has 0 fully saturated rings. The van der Waals surface area contributed by atoms with Gasteiger partial charge in [-0.3, -0.25) is 14.4 Å². The van der Waals surface area contributed by atoms with Gasteiger partial charge in [0.1, 0.15) is 13.2 Å². The first-order chi connectivity index (χ1) is 36.5. The van der Waals surface area contributed by atoms with Crippen LogP contribution in [0.3, 0.4) is 0 Å². The second-order valence-electron chi connectivity index (χ2n) is 19.5. The van der Waals surface area contributed by atoms with Crippen molar-refractivity contribution in [3.63, 3.8) is 0 Å². The van der Waals surface area contributed by atoms with E-state index < -0.39 is 6.10 Å². The maximum atomic E-state index is 12.8. The van der Waals surface area contributed by atoms with Crippen molar-refractivity contribution in [2.24, 2.45) is 0 Å². The average molecular weight is 1020 g/mol. The van der Waals surface area contributed by atoms with Crippen molar-refractivity contribution in [2.45, 2.75) is 264 Å². The number of esters is 3. The third kappa shape index (κ3) is 58.4. The van der Waals surface area contributed by atoms with Gasteiger partial charge in [-0.25, -0.2) is 0 Å². The third-order valence-electron chi connectivity index (χ3n) is 12.4. The van der Waals surface area contributed by atoms with Gasteiger partial charge < -0.3 is 14.2 Å². The topological polar surface area (TPSA) is 78.9 Å². The first kappa shape index (κ1) is 69.5. The SMILES string of the molecule is CC/C=C\C/C=C\C/C=C\C/C=C\C/C=C\C/C=C\C/C=C\CCCCCCCCCCCCCC(=O)OCC(COC(=O)CCCCCCC/C=C\CCC)OC(=O)CCCCC/C=C\C/C=C\C/C=C\CC. The monoisotopic (exact) mass is 1020 g/mol. The molecule has 0 bridgehead atoms. The molecule has 0 aliphatic rings. The number of unbranched alkanes of at least 4 members (excludes halogenated alkanes) is 20. The molecule has 0 radical (unpaired) electrons. The molecule has 74 heavy (non-hydrogen) atoms. The van der Waals surface area contributed by atoms with E-state index in [1.54, 1.807) is 0 Å². The highest BCUT2D eigenvalue weighted by molar-refractivity contribution is 5.71. The Morgan fingerprint density at radius 3 is 0.851 bits per heavy atom. The molecule has 1 unspecified atom stereocenters. The van der Waals surface area contributed by atoms with Gasteiger partial charge in [0.2, 0.25) is 0 Å². The van der Waals surface area contributed by atoms with Crippen molar-refractivity contribution >= 4 is 17.9 Å². The van der Waals surface area contributed by atoms with Crippen LogP contribution in [0.4, 0.5) is 0 Å². The summed E-state index contributed by atoms with van der Waals surface area (Å²) in [6, 6.07) is 0. The predicted molar refractivity (Wildman–Crippen MR) is 320 cm³/mol. The molecule has 0 saturated heterocycles. The Bertz CT molecular complexity index is 1600. The molecule has 0 amide bonds. The van der Waals surface area contributed by atoms with Crippen molar-refractivity contribution in [3.8, 4) is 0 Å². The number of ether oxygens (including phenoxy) is 3. The first-order valence-electron chi connectivity index (χ1n) is 30.2. The Morgan fingerprint density at radius 2 is 0.527 bits per heavy atom. The molecule has 6 nitrogen and oxygen atoms in total. The second-order valence-corrected chi connectivity index (χ2v) is 19.5. The molecule has 418 valence electrons. The highest BCUT2D eigenvalue weighted by atomic mass is 16.6. The number of carbonyl (C=O) groups is 3. The van der Waals surface area contributed by atoms with E-state index in [9.17, 15) is 14.4 Å². The molecule has 6 heteroatoms. The Labute approximate surface area is 455 Å². The molecular formula is C68H110O6. The number of carbonyl (C=O) groups excluding carboxylic acids is 3. The summed E-state index contributed by atoms with van der Waals surface area (Å²) in [7, 11) is 0. The molecule has 0 heterocycles. The van der Waals surface area contributed by atoms with Crippen LogP contribution in [0, 0.1) is 0 Å².